The second-order valence-electron chi connectivity index (χ2n) is 4.43. The molecule has 0 aliphatic carbocycles. The minimum absolute atomic E-state index is 0.336. The Kier molecular flexibility index (Phi) is 3.60. The Hall–Kier alpha value is -0.950. The maximum atomic E-state index is 5.48. The lowest BCUT2D eigenvalue weighted by atomic mass is 10.1. The van der Waals surface area contributed by atoms with Crippen molar-refractivity contribution in [2.75, 3.05) is 13.2 Å². The minimum atomic E-state index is 0.336. The van der Waals surface area contributed by atoms with Crippen molar-refractivity contribution < 1.29 is 4.74 Å². The van der Waals surface area contributed by atoms with E-state index in [1.54, 1.807) is 0 Å². The van der Waals surface area contributed by atoms with E-state index < -0.39 is 0 Å². The summed E-state index contributed by atoms with van der Waals surface area (Å²) in [6, 6.07) is 8.57. The first-order valence-electron chi connectivity index (χ1n) is 6.08. The molecule has 0 bridgehead atoms. The number of hydrogen-bond donors (Lipinski definition) is 0. The molecule has 0 amide bonds. The highest BCUT2D eigenvalue weighted by molar-refractivity contribution is 14.1. The molecule has 1 aliphatic rings. The molecular weight excluding hydrogens is 341 g/mol. The fourth-order valence-corrected chi connectivity index (χ4v) is 2.69. The SMILES string of the molecule is Ic1cccc(-c2ncn(C3CCCOC3)n2)c1. The third-order valence-electron chi connectivity index (χ3n) is 3.10. The third-order valence-corrected chi connectivity index (χ3v) is 3.77. The Labute approximate surface area is 120 Å². The van der Waals surface area contributed by atoms with Gasteiger partial charge in [-0.25, -0.2) is 9.67 Å². The highest BCUT2D eigenvalue weighted by atomic mass is 127. The predicted octanol–water partition coefficient (Wildman–Crippen LogP) is 2.90. The van der Waals surface area contributed by atoms with Crippen molar-refractivity contribution in [2.45, 2.75) is 18.9 Å². The number of aromatic nitrogens is 3. The summed E-state index contributed by atoms with van der Waals surface area (Å²) in [7, 11) is 0. The van der Waals surface area contributed by atoms with E-state index in [-0.39, 0.29) is 0 Å². The minimum Gasteiger partial charge on any atom is -0.379 e. The Morgan fingerprint density at radius 2 is 2.33 bits per heavy atom. The zero-order chi connectivity index (χ0) is 12.4. The van der Waals surface area contributed by atoms with E-state index in [1.807, 2.05) is 23.1 Å². The fourth-order valence-electron chi connectivity index (χ4n) is 2.14. The summed E-state index contributed by atoms with van der Waals surface area (Å²) in [5.41, 5.74) is 1.07. The second-order valence-corrected chi connectivity index (χ2v) is 5.68. The first kappa shape index (κ1) is 12.1. The summed E-state index contributed by atoms with van der Waals surface area (Å²) in [5, 5.41) is 4.57. The van der Waals surface area contributed by atoms with Crippen molar-refractivity contribution in [3.8, 4) is 11.4 Å². The van der Waals surface area contributed by atoms with E-state index in [0.29, 0.717) is 6.04 Å². The number of rotatable bonds is 2. The monoisotopic (exact) mass is 355 g/mol. The van der Waals surface area contributed by atoms with Gasteiger partial charge < -0.3 is 4.74 Å². The van der Waals surface area contributed by atoms with Crippen molar-refractivity contribution in [3.05, 3.63) is 34.2 Å². The predicted molar refractivity (Wildman–Crippen MR) is 77.3 cm³/mol. The van der Waals surface area contributed by atoms with Gasteiger partial charge in [-0.05, 0) is 47.6 Å². The van der Waals surface area contributed by atoms with E-state index in [9.17, 15) is 0 Å². The number of nitrogens with zero attached hydrogens (tertiary/aromatic N) is 3. The summed E-state index contributed by atoms with van der Waals surface area (Å²) in [6.45, 7) is 1.62. The molecule has 18 heavy (non-hydrogen) atoms. The molecule has 0 spiro atoms. The Morgan fingerprint density at radius 3 is 3.11 bits per heavy atom. The number of ether oxygens (including phenoxy) is 1. The highest BCUT2D eigenvalue weighted by Gasteiger charge is 2.17. The van der Waals surface area contributed by atoms with Crippen molar-refractivity contribution in [3.63, 3.8) is 0 Å². The van der Waals surface area contributed by atoms with Gasteiger partial charge in [-0.2, -0.15) is 5.10 Å². The van der Waals surface area contributed by atoms with E-state index in [4.69, 9.17) is 4.74 Å². The summed E-state index contributed by atoms with van der Waals surface area (Å²) < 4.78 is 8.62. The van der Waals surface area contributed by atoms with Crippen LogP contribution in [-0.2, 0) is 4.74 Å². The van der Waals surface area contributed by atoms with Crippen LogP contribution in [0.15, 0.2) is 30.6 Å². The van der Waals surface area contributed by atoms with Gasteiger partial charge in [0.1, 0.15) is 6.33 Å². The van der Waals surface area contributed by atoms with Gasteiger partial charge in [0, 0.05) is 15.7 Å². The molecule has 4 nitrogen and oxygen atoms in total. The number of halogens is 1. The third kappa shape index (κ3) is 2.56. The van der Waals surface area contributed by atoms with Crippen LogP contribution in [0.25, 0.3) is 11.4 Å². The first-order chi connectivity index (χ1) is 8.83. The van der Waals surface area contributed by atoms with Gasteiger partial charge in [0.25, 0.3) is 0 Å². The number of benzene rings is 1. The van der Waals surface area contributed by atoms with Crippen LogP contribution in [0.3, 0.4) is 0 Å². The lowest BCUT2D eigenvalue weighted by Gasteiger charge is -2.21. The Bertz CT molecular complexity index is 535. The van der Waals surface area contributed by atoms with Gasteiger partial charge in [-0.15, -0.1) is 0 Å². The van der Waals surface area contributed by atoms with Crippen LogP contribution in [0.2, 0.25) is 0 Å². The van der Waals surface area contributed by atoms with E-state index >= 15 is 0 Å². The van der Waals surface area contributed by atoms with E-state index in [2.05, 4.69) is 44.8 Å². The molecule has 1 aromatic carbocycles. The largest absolute Gasteiger partial charge is 0.379 e. The van der Waals surface area contributed by atoms with E-state index in [1.165, 1.54) is 3.57 Å². The van der Waals surface area contributed by atoms with Crippen LogP contribution < -0.4 is 0 Å². The lowest BCUT2D eigenvalue weighted by Crippen LogP contribution is -2.21. The topological polar surface area (TPSA) is 39.9 Å². The average molecular weight is 355 g/mol. The van der Waals surface area contributed by atoms with Gasteiger partial charge in [0.05, 0.1) is 12.6 Å². The van der Waals surface area contributed by atoms with Gasteiger partial charge in [-0.1, -0.05) is 12.1 Å². The van der Waals surface area contributed by atoms with Gasteiger partial charge in [0.2, 0.25) is 0 Å². The van der Waals surface area contributed by atoms with Crippen LogP contribution in [0.1, 0.15) is 18.9 Å². The molecule has 0 radical (unpaired) electrons. The van der Waals surface area contributed by atoms with Crippen LogP contribution >= 0.6 is 22.6 Å². The maximum Gasteiger partial charge on any atom is 0.181 e. The molecule has 2 heterocycles. The molecule has 2 aromatic rings. The molecule has 1 atom stereocenters. The van der Waals surface area contributed by atoms with Crippen LogP contribution in [0.5, 0.6) is 0 Å². The molecule has 1 aliphatic heterocycles. The summed E-state index contributed by atoms with van der Waals surface area (Å²) in [6.07, 6.45) is 4.03. The summed E-state index contributed by atoms with van der Waals surface area (Å²) in [4.78, 5) is 4.40. The molecule has 1 fully saturated rings. The standard InChI is InChI=1S/C13H14IN3O/c14-11-4-1-3-10(7-11)13-15-9-17(16-13)12-5-2-6-18-8-12/h1,3-4,7,9,12H,2,5-6,8H2. The van der Waals surface area contributed by atoms with Gasteiger partial charge in [0.15, 0.2) is 5.82 Å². The molecule has 3 rings (SSSR count). The molecule has 0 N–H and O–H groups in total. The van der Waals surface area contributed by atoms with Gasteiger partial charge >= 0.3 is 0 Å². The highest BCUT2D eigenvalue weighted by Crippen LogP contribution is 2.21. The maximum absolute atomic E-state index is 5.48. The fraction of sp³-hybridized carbons (Fsp3) is 0.385. The molecule has 1 saturated heterocycles. The molecule has 0 saturated carbocycles. The van der Waals surface area contributed by atoms with Crippen LogP contribution in [0.4, 0.5) is 0 Å². The van der Waals surface area contributed by atoms with Crippen molar-refractivity contribution in [2.24, 2.45) is 0 Å². The van der Waals surface area contributed by atoms with Crippen molar-refractivity contribution in [1.82, 2.24) is 14.8 Å². The second kappa shape index (κ2) is 5.36. The van der Waals surface area contributed by atoms with Crippen molar-refractivity contribution >= 4 is 22.6 Å². The number of hydrogen-bond acceptors (Lipinski definition) is 3. The molecule has 1 unspecified atom stereocenters. The van der Waals surface area contributed by atoms with Gasteiger partial charge in [-0.3, -0.25) is 0 Å². The lowest BCUT2D eigenvalue weighted by molar-refractivity contribution is 0.0549. The first-order valence-corrected chi connectivity index (χ1v) is 7.15. The molecule has 1 aromatic heterocycles. The Balaban J connectivity index is 1.84. The quantitative estimate of drug-likeness (QED) is 0.778. The Morgan fingerprint density at radius 1 is 1.39 bits per heavy atom. The van der Waals surface area contributed by atoms with E-state index in [0.717, 1.165) is 37.4 Å². The summed E-state index contributed by atoms with van der Waals surface area (Å²) >= 11 is 2.30. The summed E-state index contributed by atoms with van der Waals surface area (Å²) in [5.74, 6) is 0.791. The van der Waals surface area contributed by atoms with Crippen molar-refractivity contribution in [1.29, 1.82) is 0 Å². The van der Waals surface area contributed by atoms with Crippen LogP contribution in [0, 0.1) is 3.57 Å². The average Bonchev–Trinajstić information content (AvgIpc) is 2.89. The van der Waals surface area contributed by atoms with Crippen LogP contribution in [-0.4, -0.2) is 28.0 Å². The molecule has 5 heteroatoms. The zero-order valence-corrected chi connectivity index (χ0v) is 12.1. The normalized spacial score (nSPS) is 19.9. The molecular formula is C13H14IN3O. The molecule has 94 valence electrons. The zero-order valence-electron chi connectivity index (χ0n) is 9.92. The smallest absolute Gasteiger partial charge is 0.181 e.